The number of aromatic nitrogens is 3. The molecule has 0 aliphatic heterocycles. The Morgan fingerprint density at radius 3 is 2.78 bits per heavy atom. The summed E-state index contributed by atoms with van der Waals surface area (Å²) < 4.78 is 6.00. The van der Waals surface area contributed by atoms with E-state index >= 15 is 0 Å². The van der Waals surface area contributed by atoms with Crippen LogP contribution < -0.4 is 10.1 Å². The Balaban J connectivity index is 1.68. The molecular weight excluding hydrogens is 336 g/mol. The fourth-order valence-corrected chi connectivity index (χ4v) is 3.01. The van der Waals surface area contributed by atoms with Gasteiger partial charge in [-0.3, -0.25) is 0 Å². The molecule has 0 bridgehead atoms. The molecule has 2 aromatic heterocycles. The summed E-state index contributed by atoms with van der Waals surface area (Å²) in [5.41, 5.74) is 1.86. The normalized spacial score (nSPS) is 12.1. The molecule has 1 atom stereocenters. The molecule has 0 aliphatic carbocycles. The smallest absolute Gasteiger partial charge is 0.180 e. The number of anilines is 1. The molecule has 3 rings (SSSR count). The van der Waals surface area contributed by atoms with E-state index in [9.17, 15) is 0 Å². The topological polar surface area (TPSA) is 59.9 Å². The molecule has 0 radical (unpaired) electrons. The van der Waals surface area contributed by atoms with Crippen LogP contribution >= 0.6 is 0 Å². The molecule has 2 heterocycles. The molecule has 0 spiro atoms. The first-order chi connectivity index (χ1) is 13.2. The summed E-state index contributed by atoms with van der Waals surface area (Å²) in [6, 6.07) is 12.5. The van der Waals surface area contributed by atoms with Gasteiger partial charge in [-0.15, -0.1) is 0 Å². The Labute approximate surface area is 161 Å². The SMILES string of the molecule is CCCCCC(C)Nc1nc(C)ncc1OCc1ccc2ccccc2n1. The van der Waals surface area contributed by atoms with Crippen molar-refractivity contribution in [3.05, 3.63) is 54.1 Å². The van der Waals surface area contributed by atoms with Crippen LogP contribution in [0, 0.1) is 6.92 Å². The van der Waals surface area contributed by atoms with E-state index in [1.807, 2.05) is 31.2 Å². The second kappa shape index (κ2) is 9.31. The van der Waals surface area contributed by atoms with E-state index in [1.54, 1.807) is 6.20 Å². The third-order valence-electron chi connectivity index (χ3n) is 4.53. The highest BCUT2D eigenvalue weighted by atomic mass is 16.5. The van der Waals surface area contributed by atoms with Gasteiger partial charge < -0.3 is 10.1 Å². The number of nitrogens with one attached hydrogen (secondary N) is 1. The molecule has 142 valence electrons. The van der Waals surface area contributed by atoms with Gasteiger partial charge in [0.15, 0.2) is 11.6 Å². The molecule has 5 nitrogen and oxygen atoms in total. The Kier molecular flexibility index (Phi) is 6.58. The number of hydrogen-bond acceptors (Lipinski definition) is 5. The number of para-hydroxylation sites is 1. The Bertz CT molecular complexity index is 881. The van der Waals surface area contributed by atoms with Crippen molar-refractivity contribution in [3.8, 4) is 5.75 Å². The lowest BCUT2D eigenvalue weighted by atomic mass is 10.1. The van der Waals surface area contributed by atoms with E-state index < -0.39 is 0 Å². The van der Waals surface area contributed by atoms with Gasteiger partial charge in [-0.1, -0.05) is 50.5 Å². The van der Waals surface area contributed by atoms with Crippen molar-refractivity contribution in [3.63, 3.8) is 0 Å². The van der Waals surface area contributed by atoms with Crippen LogP contribution in [0.2, 0.25) is 0 Å². The molecule has 5 heteroatoms. The van der Waals surface area contributed by atoms with Gasteiger partial charge in [0.25, 0.3) is 0 Å². The van der Waals surface area contributed by atoms with Crippen LogP contribution in [0.3, 0.4) is 0 Å². The maximum absolute atomic E-state index is 6.00. The zero-order valence-corrected chi connectivity index (χ0v) is 16.4. The van der Waals surface area contributed by atoms with Crippen LogP contribution in [0.4, 0.5) is 5.82 Å². The van der Waals surface area contributed by atoms with Crippen LogP contribution in [0.1, 0.15) is 51.0 Å². The van der Waals surface area contributed by atoms with E-state index in [2.05, 4.69) is 46.2 Å². The lowest BCUT2D eigenvalue weighted by molar-refractivity contribution is 0.300. The van der Waals surface area contributed by atoms with Gasteiger partial charge in [0, 0.05) is 11.4 Å². The highest BCUT2D eigenvalue weighted by Gasteiger charge is 2.11. The van der Waals surface area contributed by atoms with E-state index in [0.717, 1.165) is 34.7 Å². The number of aryl methyl sites for hydroxylation is 1. The van der Waals surface area contributed by atoms with Crippen LogP contribution in [0.25, 0.3) is 10.9 Å². The minimum Gasteiger partial charge on any atom is -0.482 e. The number of nitrogens with zero attached hydrogens (tertiary/aromatic N) is 3. The zero-order valence-electron chi connectivity index (χ0n) is 16.4. The van der Waals surface area contributed by atoms with Gasteiger partial charge in [0.05, 0.1) is 17.4 Å². The molecule has 1 aromatic carbocycles. The number of ether oxygens (including phenoxy) is 1. The van der Waals surface area contributed by atoms with Crippen molar-refractivity contribution in [2.45, 2.75) is 59.1 Å². The molecule has 0 aliphatic rings. The maximum atomic E-state index is 6.00. The molecule has 0 saturated carbocycles. The lowest BCUT2D eigenvalue weighted by Gasteiger charge is -2.17. The summed E-state index contributed by atoms with van der Waals surface area (Å²) in [4.78, 5) is 13.5. The molecule has 1 N–H and O–H groups in total. The van der Waals surface area contributed by atoms with Crippen molar-refractivity contribution >= 4 is 16.7 Å². The molecule has 0 saturated heterocycles. The Morgan fingerprint density at radius 1 is 1.07 bits per heavy atom. The largest absolute Gasteiger partial charge is 0.482 e. The molecule has 27 heavy (non-hydrogen) atoms. The number of rotatable bonds is 9. The van der Waals surface area contributed by atoms with Crippen molar-refractivity contribution in [2.75, 3.05) is 5.32 Å². The summed E-state index contributed by atoms with van der Waals surface area (Å²) in [5, 5.41) is 4.61. The predicted octanol–water partition coefficient (Wildman–Crippen LogP) is 5.29. The highest BCUT2D eigenvalue weighted by Crippen LogP contribution is 2.24. The Morgan fingerprint density at radius 2 is 1.93 bits per heavy atom. The average Bonchev–Trinajstić information content (AvgIpc) is 2.67. The van der Waals surface area contributed by atoms with Crippen molar-refractivity contribution in [1.82, 2.24) is 15.0 Å². The zero-order chi connectivity index (χ0) is 19.1. The average molecular weight is 364 g/mol. The number of hydrogen-bond donors (Lipinski definition) is 1. The third-order valence-corrected chi connectivity index (χ3v) is 4.53. The van der Waals surface area contributed by atoms with Gasteiger partial charge in [-0.2, -0.15) is 0 Å². The minimum absolute atomic E-state index is 0.340. The minimum atomic E-state index is 0.340. The predicted molar refractivity (Wildman–Crippen MR) is 110 cm³/mol. The first-order valence-electron chi connectivity index (χ1n) is 9.73. The summed E-state index contributed by atoms with van der Waals surface area (Å²) in [5.74, 6) is 2.15. The molecular formula is C22H28N4O. The second-order valence-electron chi connectivity index (χ2n) is 6.96. The lowest BCUT2D eigenvalue weighted by Crippen LogP contribution is -2.17. The van der Waals surface area contributed by atoms with E-state index in [0.29, 0.717) is 18.4 Å². The van der Waals surface area contributed by atoms with Crippen LogP contribution in [-0.4, -0.2) is 21.0 Å². The van der Waals surface area contributed by atoms with Gasteiger partial charge in [0.1, 0.15) is 12.4 Å². The van der Waals surface area contributed by atoms with Gasteiger partial charge in [-0.05, 0) is 32.4 Å². The van der Waals surface area contributed by atoms with Crippen LogP contribution in [-0.2, 0) is 6.61 Å². The summed E-state index contributed by atoms with van der Waals surface area (Å²) in [6.45, 7) is 6.68. The van der Waals surface area contributed by atoms with Gasteiger partial charge in [-0.25, -0.2) is 15.0 Å². The third kappa shape index (κ3) is 5.39. The van der Waals surface area contributed by atoms with Crippen LogP contribution in [0.15, 0.2) is 42.6 Å². The first-order valence-corrected chi connectivity index (χ1v) is 9.73. The van der Waals surface area contributed by atoms with E-state index in [-0.39, 0.29) is 0 Å². The van der Waals surface area contributed by atoms with Crippen LogP contribution in [0.5, 0.6) is 5.75 Å². The van der Waals surface area contributed by atoms with Crippen molar-refractivity contribution < 1.29 is 4.74 Å². The molecule has 1 unspecified atom stereocenters. The standard InChI is InChI=1S/C22H28N4O/c1-4-5-6-9-16(2)24-22-21(14-23-17(3)25-22)27-15-19-13-12-18-10-7-8-11-20(18)26-19/h7-8,10-14,16H,4-6,9,15H2,1-3H3,(H,23,24,25). The number of fused-ring (bicyclic) bond motifs is 1. The number of unbranched alkanes of at least 4 members (excludes halogenated alkanes) is 2. The molecule has 3 aromatic rings. The van der Waals surface area contributed by atoms with Crippen molar-refractivity contribution in [1.29, 1.82) is 0 Å². The number of benzene rings is 1. The summed E-state index contributed by atoms with van der Waals surface area (Å²) in [7, 11) is 0. The van der Waals surface area contributed by atoms with Gasteiger partial charge in [0.2, 0.25) is 0 Å². The summed E-state index contributed by atoms with van der Waals surface area (Å²) in [6.07, 6.45) is 6.55. The van der Waals surface area contributed by atoms with E-state index in [1.165, 1.54) is 19.3 Å². The Hall–Kier alpha value is -2.69. The first kappa shape index (κ1) is 19.1. The fourth-order valence-electron chi connectivity index (χ4n) is 3.01. The molecule has 0 fully saturated rings. The number of pyridine rings is 1. The van der Waals surface area contributed by atoms with Gasteiger partial charge >= 0.3 is 0 Å². The monoisotopic (exact) mass is 364 g/mol. The van der Waals surface area contributed by atoms with E-state index in [4.69, 9.17) is 4.74 Å². The van der Waals surface area contributed by atoms with Crippen molar-refractivity contribution in [2.24, 2.45) is 0 Å². The highest BCUT2D eigenvalue weighted by molar-refractivity contribution is 5.78. The quantitative estimate of drug-likeness (QED) is 0.523. The maximum Gasteiger partial charge on any atom is 0.180 e. The fraction of sp³-hybridized carbons (Fsp3) is 0.409. The second-order valence-corrected chi connectivity index (χ2v) is 6.96. The molecule has 0 amide bonds. The summed E-state index contributed by atoms with van der Waals surface area (Å²) >= 11 is 0.